The lowest BCUT2D eigenvalue weighted by Gasteiger charge is -2.35. The van der Waals surface area contributed by atoms with E-state index in [0.29, 0.717) is 13.1 Å². The topological polar surface area (TPSA) is 75.4 Å². The average molecular weight is 263 g/mol. The van der Waals surface area contributed by atoms with Crippen molar-refractivity contribution in [2.75, 3.05) is 13.1 Å². The van der Waals surface area contributed by atoms with Gasteiger partial charge in [0, 0.05) is 25.2 Å². The zero-order valence-electron chi connectivity index (χ0n) is 11.0. The van der Waals surface area contributed by atoms with Crippen molar-refractivity contribution in [3.63, 3.8) is 0 Å². The first-order chi connectivity index (χ1) is 7.88. The first-order valence-electron chi connectivity index (χ1n) is 6.37. The summed E-state index contributed by atoms with van der Waals surface area (Å²) in [4.78, 5) is 0. The van der Waals surface area contributed by atoms with Crippen LogP contribution in [0, 0.1) is 5.92 Å². The smallest absolute Gasteiger partial charge is 0.279 e. The summed E-state index contributed by atoms with van der Waals surface area (Å²) in [6.45, 7) is 6.89. The Morgan fingerprint density at radius 1 is 1.35 bits per heavy atom. The minimum absolute atomic E-state index is 0.0411. The highest BCUT2D eigenvalue weighted by Gasteiger charge is 2.32. The van der Waals surface area contributed by atoms with E-state index in [2.05, 4.69) is 4.72 Å². The minimum Gasteiger partial charge on any atom is -0.329 e. The molecule has 0 aromatic rings. The maximum Gasteiger partial charge on any atom is 0.279 e. The van der Waals surface area contributed by atoms with Gasteiger partial charge in [0.25, 0.3) is 10.2 Å². The summed E-state index contributed by atoms with van der Waals surface area (Å²) in [6, 6.07) is -0.0963. The molecule has 0 saturated carbocycles. The number of hydrogen-bond acceptors (Lipinski definition) is 3. The monoisotopic (exact) mass is 263 g/mol. The second-order valence-corrected chi connectivity index (χ2v) is 6.81. The van der Waals surface area contributed by atoms with Crippen LogP contribution in [0.4, 0.5) is 0 Å². The summed E-state index contributed by atoms with van der Waals surface area (Å²) in [5.74, 6) is 0.283. The van der Waals surface area contributed by atoms with E-state index in [9.17, 15) is 8.42 Å². The molecule has 2 atom stereocenters. The number of hydrogen-bond donors (Lipinski definition) is 2. The maximum atomic E-state index is 12.2. The molecule has 1 fully saturated rings. The lowest BCUT2D eigenvalue weighted by molar-refractivity contribution is 0.251. The summed E-state index contributed by atoms with van der Waals surface area (Å²) < 4.78 is 28.7. The van der Waals surface area contributed by atoms with Crippen molar-refractivity contribution in [1.82, 2.24) is 9.03 Å². The second kappa shape index (κ2) is 6.13. The van der Waals surface area contributed by atoms with Crippen LogP contribution in [0.15, 0.2) is 0 Å². The molecule has 2 unspecified atom stereocenters. The van der Waals surface area contributed by atoms with Gasteiger partial charge in [-0.2, -0.15) is 17.4 Å². The van der Waals surface area contributed by atoms with Gasteiger partial charge in [-0.25, -0.2) is 0 Å². The van der Waals surface area contributed by atoms with Crippen LogP contribution in [-0.2, 0) is 10.2 Å². The molecule has 0 aliphatic carbocycles. The fourth-order valence-electron chi connectivity index (χ4n) is 1.96. The number of piperidine rings is 1. The molecule has 0 aromatic carbocycles. The molecule has 102 valence electrons. The van der Waals surface area contributed by atoms with Gasteiger partial charge in [0.2, 0.25) is 0 Å². The molecular formula is C11H25N3O2S. The van der Waals surface area contributed by atoms with Crippen LogP contribution in [0.5, 0.6) is 0 Å². The van der Waals surface area contributed by atoms with Gasteiger partial charge in [-0.3, -0.25) is 0 Å². The van der Waals surface area contributed by atoms with Crippen molar-refractivity contribution >= 4 is 10.2 Å². The molecule has 17 heavy (non-hydrogen) atoms. The van der Waals surface area contributed by atoms with Crippen LogP contribution in [0.2, 0.25) is 0 Å². The molecule has 1 aliphatic heterocycles. The third kappa shape index (κ3) is 3.91. The zero-order valence-corrected chi connectivity index (χ0v) is 11.8. The molecule has 1 heterocycles. The Kier molecular flexibility index (Phi) is 5.37. The van der Waals surface area contributed by atoms with Crippen LogP contribution < -0.4 is 10.5 Å². The van der Waals surface area contributed by atoms with Gasteiger partial charge < -0.3 is 5.73 Å². The third-order valence-corrected chi connectivity index (χ3v) is 5.26. The van der Waals surface area contributed by atoms with E-state index in [1.54, 1.807) is 0 Å². The minimum atomic E-state index is -3.39. The van der Waals surface area contributed by atoms with Crippen LogP contribution in [0.25, 0.3) is 0 Å². The predicted molar refractivity (Wildman–Crippen MR) is 69.8 cm³/mol. The first-order valence-corrected chi connectivity index (χ1v) is 7.81. The molecular weight excluding hydrogens is 238 g/mol. The summed E-state index contributed by atoms with van der Waals surface area (Å²) >= 11 is 0. The molecule has 0 bridgehead atoms. The maximum absolute atomic E-state index is 12.2. The van der Waals surface area contributed by atoms with E-state index >= 15 is 0 Å². The lowest BCUT2D eigenvalue weighted by Crippen LogP contribution is -2.53. The standard InChI is InChI=1S/C11H25N3O2S/c1-9(2)10(3)13-17(15,16)14-7-5-4-6-11(14)8-12/h9-11,13H,4-8,12H2,1-3H3. The third-order valence-electron chi connectivity index (χ3n) is 3.49. The Labute approximate surface area is 105 Å². The molecule has 0 radical (unpaired) electrons. The molecule has 1 rings (SSSR count). The highest BCUT2D eigenvalue weighted by atomic mass is 32.2. The van der Waals surface area contributed by atoms with Gasteiger partial charge in [0.15, 0.2) is 0 Å². The van der Waals surface area contributed by atoms with Gasteiger partial charge >= 0.3 is 0 Å². The highest BCUT2D eigenvalue weighted by Crippen LogP contribution is 2.19. The lowest BCUT2D eigenvalue weighted by atomic mass is 10.1. The fraction of sp³-hybridized carbons (Fsp3) is 1.00. The SMILES string of the molecule is CC(C)C(C)NS(=O)(=O)N1CCCCC1CN. The van der Waals surface area contributed by atoms with E-state index < -0.39 is 10.2 Å². The van der Waals surface area contributed by atoms with E-state index in [1.807, 2.05) is 20.8 Å². The number of nitrogens with one attached hydrogen (secondary N) is 1. The molecule has 1 saturated heterocycles. The Hall–Kier alpha value is -0.170. The molecule has 3 N–H and O–H groups in total. The normalized spacial score (nSPS) is 25.1. The van der Waals surface area contributed by atoms with E-state index in [-0.39, 0.29) is 18.0 Å². The van der Waals surface area contributed by atoms with Crippen molar-refractivity contribution in [3.05, 3.63) is 0 Å². The van der Waals surface area contributed by atoms with Gasteiger partial charge in [0.1, 0.15) is 0 Å². The van der Waals surface area contributed by atoms with Crippen molar-refractivity contribution in [1.29, 1.82) is 0 Å². The van der Waals surface area contributed by atoms with Crippen LogP contribution in [0.3, 0.4) is 0 Å². The van der Waals surface area contributed by atoms with Gasteiger partial charge in [0.05, 0.1) is 0 Å². The van der Waals surface area contributed by atoms with Crippen LogP contribution >= 0.6 is 0 Å². The number of nitrogens with two attached hydrogens (primary N) is 1. The Morgan fingerprint density at radius 3 is 2.53 bits per heavy atom. The van der Waals surface area contributed by atoms with Gasteiger partial charge in [-0.05, 0) is 25.7 Å². The van der Waals surface area contributed by atoms with Crippen LogP contribution in [-0.4, -0.2) is 37.9 Å². The summed E-state index contributed by atoms with van der Waals surface area (Å²) in [6.07, 6.45) is 2.86. The Morgan fingerprint density at radius 2 is 2.00 bits per heavy atom. The summed E-state index contributed by atoms with van der Waals surface area (Å²) in [7, 11) is -3.39. The first kappa shape index (κ1) is 14.9. The average Bonchev–Trinajstić information content (AvgIpc) is 2.28. The number of rotatable bonds is 5. The van der Waals surface area contributed by atoms with Gasteiger partial charge in [-0.15, -0.1) is 0 Å². The Bertz CT molecular complexity index is 330. The molecule has 0 aromatic heterocycles. The zero-order chi connectivity index (χ0) is 13.1. The predicted octanol–water partition coefficient (Wildman–Crippen LogP) is 0.679. The fourth-order valence-corrected chi connectivity index (χ4v) is 3.80. The molecule has 5 nitrogen and oxygen atoms in total. The van der Waals surface area contributed by atoms with E-state index in [0.717, 1.165) is 19.3 Å². The quantitative estimate of drug-likeness (QED) is 0.766. The van der Waals surface area contributed by atoms with E-state index in [4.69, 9.17) is 5.73 Å². The van der Waals surface area contributed by atoms with E-state index in [1.165, 1.54) is 4.31 Å². The van der Waals surface area contributed by atoms with Crippen LogP contribution in [0.1, 0.15) is 40.0 Å². The van der Waals surface area contributed by atoms with Gasteiger partial charge in [-0.1, -0.05) is 20.3 Å². The van der Waals surface area contributed by atoms with Crippen molar-refractivity contribution < 1.29 is 8.42 Å². The number of nitrogens with zero attached hydrogens (tertiary/aromatic N) is 1. The summed E-state index contributed by atoms with van der Waals surface area (Å²) in [5.41, 5.74) is 5.65. The van der Waals surface area contributed by atoms with Crippen molar-refractivity contribution in [2.45, 2.75) is 52.1 Å². The van der Waals surface area contributed by atoms with Crippen molar-refractivity contribution in [3.8, 4) is 0 Å². The highest BCUT2D eigenvalue weighted by molar-refractivity contribution is 7.87. The Balaban J connectivity index is 2.74. The molecule has 0 spiro atoms. The molecule has 0 amide bonds. The summed E-state index contributed by atoms with van der Waals surface area (Å²) in [5, 5.41) is 0. The molecule has 1 aliphatic rings. The second-order valence-electron chi connectivity index (χ2n) is 5.15. The van der Waals surface area contributed by atoms with Crippen molar-refractivity contribution in [2.24, 2.45) is 11.7 Å². The molecule has 6 heteroatoms. The largest absolute Gasteiger partial charge is 0.329 e.